The van der Waals surface area contributed by atoms with Gasteiger partial charge in [0, 0.05) is 5.56 Å². The summed E-state index contributed by atoms with van der Waals surface area (Å²) in [5.74, 6) is 1.34. The van der Waals surface area contributed by atoms with Crippen molar-refractivity contribution in [3.8, 4) is 17.1 Å². The molecule has 7 heteroatoms. The Morgan fingerprint density at radius 3 is 2.57 bits per heavy atom. The summed E-state index contributed by atoms with van der Waals surface area (Å²) in [7, 11) is 1.54. The van der Waals surface area contributed by atoms with E-state index in [1.165, 1.54) is 0 Å². The number of para-hydroxylation sites is 2. The quantitative estimate of drug-likeness (QED) is 0.690. The molecular formula is C16H15N5O2. The molecule has 0 bridgehead atoms. The summed E-state index contributed by atoms with van der Waals surface area (Å²) >= 11 is 0. The molecule has 0 aliphatic rings. The molecule has 3 rings (SSSR count). The molecule has 116 valence electrons. The minimum Gasteiger partial charge on any atom is -0.495 e. The number of H-pyrrole nitrogens is 1. The lowest BCUT2D eigenvalue weighted by molar-refractivity contribution is 0.262. The number of aromatic amines is 1. The van der Waals surface area contributed by atoms with E-state index in [9.17, 15) is 4.79 Å². The topological polar surface area (TPSA) is 91.9 Å². The van der Waals surface area contributed by atoms with E-state index in [2.05, 4.69) is 25.8 Å². The molecule has 0 spiro atoms. The molecule has 0 saturated carbocycles. The molecule has 1 heterocycles. The zero-order valence-electron chi connectivity index (χ0n) is 12.4. The van der Waals surface area contributed by atoms with Gasteiger partial charge in [0.1, 0.15) is 5.75 Å². The van der Waals surface area contributed by atoms with Crippen LogP contribution in [0.1, 0.15) is 0 Å². The molecule has 0 aliphatic carbocycles. The van der Waals surface area contributed by atoms with Gasteiger partial charge in [-0.05, 0) is 12.1 Å². The number of nitrogens with one attached hydrogen (secondary N) is 3. The lowest BCUT2D eigenvalue weighted by Gasteiger charge is -2.09. The van der Waals surface area contributed by atoms with E-state index in [0.717, 1.165) is 5.56 Å². The third kappa shape index (κ3) is 3.46. The van der Waals surface area contributed by atoms with Crippen LogP contribution in [-0.2, 0) is 0 Å². The van der Waals surface area contributed by atoms with Crippen LogP contribution in [-0.4, -0.2) is 28.3 Å². The van der Waals surface area contributed by atoms with Crippen molar-refractivity contribution in [2.75, 3.05) is 17.7 Å². The Bertz CT molecular complexity index is 801. The van der Waals surface area contributed by atoms with Gasteiger partial charge in [0.15, 0.2) is 5.82 Å². The van der Waals surface area contributed by atoms with Crippen molar-refractivity contribution in [2.24, 2.45) is 0 Å². The highest BCUT2D eigenvalue weighted by Crippen LogP contribution is 2.23. The Morgan fingerprint density at radius 1 is 1.04 bits per heavy atom. The largest absolute Gasteiger partial charge is 0.495 e. The molecule has 1 aromatic heterocycles. The Balaban J connectivity index is 1.68. The fourth-order valence-electron chi connectivity index (χ4n) is 2.05. The molecule has 0 saturated heterocycles. The molecule has 3 N–H and O–H groups in total. The maximum Gasteiger partial charge on any atom is 0.326 e. The van der Waals surface area contributed by atoms with Crippen LogP contribution in [0.25, 0.3) is 11.4 Å². The van der Waals surface area contributed by atoms with Gasteiger partial charge in [-0.15, -0.1) is 5.10 Å². The molecule has 3 aromatic rings. The van der Waals surface area contributed by atoms with E-state index in [0.29, 0.717) is 17.3 Å². The van der Waals surface area contributed by atoms with Gasteiger partial charge < -0.3 is 10.1 Å². The summed E-state index contributed by atoms with van der Waals surface area (Å²) in [6.07, 6.45) is 0. The number of hydrogen-bond acceptors (Lipinski definition) is 4. The number of carbonyl (C=O) groups is 1. The minimum atomic E-state index is -0.451. The van der Waals surface area contributed by atoms with Crippen LogP contribution in [0.2, 0.25) is 0 Å². The Hall–Kier alpha value is -3.35. The van der Waals surface area contributed by atoms with Gasteiger partial charge >= 0.3 is 6.03 Å². The number of benzene rings is 2. The zero-order chi connectivity index (χ0) is 16.1. The van der Waals surface area contributed by atoms with Crippen LogP contribution in [0, 0.1) is 0 Å². The molecule has 0 fully saturated rings. The van der Waals surface area contributed by atoms with Crippen molar-refractivity contribution in [1.82, 2.24) is 15.2 Å². The van der Waals surface area contributed by atoms with Gasteiger partial charge in [0.2, 0.25) is 0 Å². The highest BCUT2D eigenvalue weighted by molar-refractivity contribution is 5.99. The Kier molecular flexibility index (Phi) is 4.19. The monoisotopic (exact) mass is 309 g/mol. The molecule has 0 aliphatic heterocycles. The molecule has 23 heavy (non-hydrogen) atoms. The van der Waals surface area contributed by atoms with Crippen molar-refractivity contribution in [3.63, 3.8) is 0 Å². The minimum absolute atomic E-state index is 0.191. The van der Waals surface area contributed by atoms with Crippen molar-refractivity contribution >= 4 is 17.7 Å². The first kappa shape index (κ1) is 14.6. The van der Waals surface area contributed by atoms with Crippen LogP contribution < -0.4 is 15.4 Å². The van der Waals surface area contributed by atoms with E-state index < -0.39 is 6.03 Å². The summed E-state index contributed by atoms with van der Waals surface area (Å²) in [4.78, 5) is 16.3. The lowest BCUT2D eigenvalue weighted by Crippen LogP contribution is -2.20. The van der Waals surface area contributed by atoms with Gasteiger partial charge in [0.25, 0.3) is 5.95 Å². The summed E-state index contributed by atoms with van der Waals surface area (Å²) in [5.41, 5.74) is 1.45. The van der Waals surface area contributed by atoms with Crippen molar-refractivity contribution in [2.45, 2.75) is 0 Å². The number of ether oxygens (including phenoxy) is 1. The van der Waals surface area contributed by atoms with Gasteiger partial charge in [-0.3, -0.25) is 10.4 Å². The number of amides is 2. The Labute approximate surface area is 132 Å². The first-order valence-electron chi connectivity index (χ1n) is 6.95. The second-order valence-electron chi connectivity index (χ2n) is 4.65. The summed E-state index contributed by atoms with van der Waals surface area (Å²) in [6.45, 7) is 0. The third-order valence-electron chi connectivity index (χ3n) is 3.11. The first-order chi connectivity index (χ1) is 11.3. The zero-order valence-corrected chi connectivity index (χ0v) is 12.4. The van der Waals surface area contributed by atoms with Crippen molar-refractivity contribution < 1.29 is 9.53 Å². The second-order valence-corrected chi connectivity index (χ2v) is 4.65. The highest BCUT2D eigenvalue weighted by Gasteiger charge is 2.10. The average molecular weight is 309 g/mol. The standard InChI is InChI=1S/C16H15N5O2/c1-23-13-10-6-5-9-12(13)17-16(22)19-15-18-14(20-21-15)11-7-3-2-4-8-11/h2-10H,1H3,(H3,17,18,19,20,21,22). The molecule has 2 amide bonds. The normalized spacial score (nSPS) is 10.1. The number of hydrogen-bond donors (Lipinski definition) is 3. The van der Waals surface area contributed by atoms with E-state index in [4.69, 9.17) is 4.74 Å². The molecule has 0 unspecified atom stereocenters. The van der Waals surface area contributed by atoms with Crippen LogP contribution in [0.3, 0.4) is 0 Å². The SMILES string of the molecule is COc1ccccc1NC(=O)Nc1n[nH]c(-c2ccccc2)n1. The molecule has 0 radical (unpaired) electrons. The molecular weight excluding hydrogens is 294 g/mol. The molecule has 7 nitrogen and oxygen atoms in total. The number of rotatable bonds is 4. The van der Waals surface area contributed by atoms with E-state index in [-0.39, 0.29) is 5.95 Å². The summed E-state index contributed by atoms with van der Waals surface area (Å²) in [5, 5.41) is 12.0. The van der Waals surface area contributed by atoms with Gasteiger partial charge in [-0.25, -0.2) is 4.79 Å². The van der Waals surface area contributed by atoms with E-state index in [1.54, 1.807) is 25.3 Å². The fraction of sp³-hybridized carbons (Fsp3) is 0.0625. The average Bonchev–Trinajstić information content (AvgIpc) is 3.04. The number of methoxy groups -OCH3 is 1. The van der Waals surface area contributed by atoms with Gasteiger partial charge in [-0.2, -0.15) is 4.98 Å². The van der Waals surface area contributed by atoms with Gasteiger partial charge in [0.05, 0.1) is 12.8 Å². The predicted molar refractivity (Wildman–Crippen MR) is 87.5 cm³/mol. The number of carbonyl (C=O) groups excluding carboxylic acids is 1. The highest BCUT2D eigenvalue weighted by atomic mass is 16.5. The maximum atomic E-state index is 12.0. The predicted octanol–water partition coefficient (Wildman–Crippen LogP) is 3.12. The van der Waals surface area contributed by atoms with Gasteiger partial charge in [-0.1, -0.05) is 42.5 Å². The maximum absolute atomic E-state index is 12.0. The van der Waals surface area contributed by atoms with Crippen molar-refractivity contribution in [1.29, 1.82) is 0 Å². The summed E-state index contributed by atoms with van der Waals surface area (Å²) < 4.78 is 5.18. The van der Waals surface area contributed by atoms with Crippen molar-refractivity contribution in [3.05, 3.63) is 54.6 Å². The number of urea groups is 1. The molecule has 0 atom stereocenters. The van der Waals surface area contributed by atoms with Crippen LogP contribution >= 0.6 is 0 Å². The first-order valence-corrected chi connectivity index (χ1v) is 6.95. The Morgan fingerprint density at radius 2 is 1.78 bits per heavy atom. The molecule has 2 aromatic carbocycles. The van der Waals surface area contributed by atoms with Crippen LogP contribution in [0.4, 0.5) is 16.4 Å². The third-order valence-corrected chi connectivity index (χ3v) is 3.11. The smallest absolute Gasteiger partial charge is 0.326 e. The van der Waals surface area contributed by atoms with E-state index in [1.807, 2.05) is 36.4 Å². The van der Waals surface area contributed by atoms with Crippen LogP contribution in [0.15, 0.2) is 54.6 Å². The lowest BCUT2D eigenvalue weighted by atomic mass is 10.2. The number of aromatic nitrogens is 3. The number of anilines is 2. The second kappa shape index (κ2) is 6.61. The van der Waals surface area contributed by atoms with E-state index >= 15 is 0 Å². The fourth-order valence-corrected chi connectivity index (χ4v) is 2.05. The van der Waals surface area contributed by atoms with Crippen LogP contribution in [0.5, 0.6) is 5.75 Å². The summed E-state index contributed by atoms with van der Waals surface area (Å²) in [6, 6.07) is 16.2. The number of nitrogens with zero attached hydrogens (tertiary/aromatic N) is 2.